The van der Waals surface area contributed by atoms with Gasteiger partial charge in [-0.15, -0.1) is 0 Å². The molecule has 1 fully saturated rings. The highest BCUT2D eigenvalue weighted by atomic mass is 16.6. The zero-order valence-corrected chi connectivity index (χ0v) is 19.1. The van der Waals surface area contributed by atoms with Crippen molar-refractivity contribution in [3.8, 4) is 23.0 Å². The molecule has 37 heavy (non-hydrogen) atoms. The third kappa shape index (κ3) is 6.57. The van der Waals surface area contributed by atoms with Crippen LogP contribution in [0.4, 0.5) is 0 Å². The first-order chi connectivity index (χ1) is 17.4. The molecule has 0 bridgehead atoms. The zero-order chi connectivity index (χ0) is 27.3. The van der Waals surface area contributed by atoms with Gasteiger partial charge >= 0.3 is 17.9 Å². The van der Waals surface area contributed by atoms with Crippen LogP contribution < -0.4 is 0 Å². The molecule has 4 atom stereocenters. The Bertz CT molecular complexity index is 1250. The van der Waals surface area contributed by atoms with E-state index in [-0.39, 0.29) is 17.1 Å². The van der Waals surface area contributed by atoms with Crippen LogP contribution in [-0.2, 0) is 23.9 Å². The molecule has 12 heteroatoms. The number of carbonyl (C=O) groups is 3. The molecule has 3 rings (SSSR count). The SMILES string of the molecule is O=C(C=Cc1ccc(O)c(O)c1)O[C@@H]1C[C@@](OC(=O)C=Cc2ccc(O)c(O)c2)(C(=O)O)C[C@H](O)[C@@H]1O. The van der Waals surface area contributed by atoms with Gasteiger partial charge in [0.2, 0.25) is 5.60 Å². The number of hydrogen-bond acceptors (Lipinski definition) is 11. The summed E-state index contributed by atoms with van der Waals surface area (Å²) in [4.78, 5) is 36.7. The van der Waals surface area contributed by atoms with Gasteiger partial charge < -0.3 is 45.2 Å². The highest BCUT2D eigenvalue weighted by molar-refractivity contribution is 5.91. The summed E-state index contributed by atoms with van der Waals surface area (Å²) in [5, 5.41) is 68.0. The third-order valence-corrected chi connectivity index (χ3v) is 5.62. The van der Waals surface area contributed by atoms with Gasteiger partial charge in [0.25, 0.3) is 0 Å². The Labute approximate surface area is 209 Å². The van der Waals surface area contributed by atoms with Crippen molar-refractivity contribution in [3.63, 3.8) is 0 Å². The van der Waals surface area contributed by atoms with Crippen molar-refractivity contribution >= 4 is 30.1 Å². The summed E-state index contributed by atoms with van der Waals surface area (Å²) < 4.78 is 10.2. The lowest BCUT2D eigenvalue weighted by Gasteiger charge is -2.41. The van der Waals surface area contributed by atoms with E-state index in [1.54, 1.807) is 0 Å². The van der Waals surface area contributed by atoms with E-state index in [9.17, 15) is 50.1 Å². The van der Waals surface area contributed by atoms with Gasteiger partial charge in [0.05, 0.1) is 6.10 Å². The van der Waals surface area contributed by atoms with Crippen LogP contribution in [0.5, 0.6) is 23.0 Å². The largest absolute Gasteiger partial charge is 0.504 e. The highest BCUT2D eigenvalue weighted by Crippen LogP contribution is 2.35. The first kappa shape index (κ1) is 27.0. The minimum atomic E-state index is -2.34. The van der Waals surface area contributed by atoms with Crippen molar-refractivity contribution in [3.05, 3.63) is 59.7 Å². The predicted molar refractivity (Wildman–Crippen MR) is 125 cm³/mol. The molecule has 7 N–H and O–H groups in total. The van der Waals surface area contributed by atoms with Crippen LogP contribution in [0.15, 0.2) is 48.6 Å². The van der Waals surface area contributed by atoms with Gasteiger partial charge in [-0.25, -0.2) is 14.4 Å². The van der Waals surface area contributed by atoms with Crippen LogP contribution in [0, 0.1) is 0 Å². The molecule has 1 aliphatic carbocycles. The molecule has 0 saturated heterocycles. The molecule has 0 spiro atoms. The van der Waals surface area contributed by atoms with Crippen molar-refractivity contribution in [1.82, 2.24) is 0 Å². The molecule has 0 radical (unpaired) electrons. The van der Waals surface area contributed by atoms with E-state index in [4.69, 9.17) is 9.47 Å². The quantitative estimate of drug-likeness (QED) is 0.156. The molecular weight excluding hydrogens is 492 g/mol. The maximum atomic E-state index is 12.4. The van der Waals surface area contributed by atoms with Crippen LogP contribution in [0.1, 0.15) is 24.0 Å². The Hall–Kier alpha value is -4.55. The summed E-state index contributed by atoms with van der Waals surface area (Å²) in [7, 11) is 0. The van der Waals surface area contributed by atoms with Crippen molar-refractivity contribution in [2.75, 3.05) is 0 Å². The second kappa shape index (κ2) is 11.0. The number of carboxylic acid groups (broad SMARTS) is 1. The van der Waals surface area contributed by atoms with Crippen LogP contribution in [0.2, 0.25) is 0 Å². The summed E-state index contributed by atoms with van der Waals surface area (Å²) in [5.74, 6) is -5.41. The average molecular weight is 516 g/mol. The van der Waals surface area contributed by atoms with Crippen molar-refractivity contribution in [1.29, 1.82) is 0 Å². The van der Waals surface area contributed by atoms with Crippen molar-refractivity contribution < 1.29 is 59.6 Å². The van der Waals surface area contributed by atoms with Crippen LogP contribution >= 0.6 is 0 Å². The fraction of sp³-hybridized carbons (Fsp3) is 0.240. The van der Waals surface area contributed by atoms with E-state index in [1.165, 1.54) is 42.5 Å². The minimum Gasteiger partial charge on any atom is -0.504 e. The normalized spacial score (nSPS) is 23.7. The van der Waals surface area contributed by atoms with Crippen LogP contribution in [0.3, 0.4) is 0 Å². The summed E-state index contributed by atoms with van der Waals surface area (Å²) in [6.45, 7) is 0. The standard InChI is InChI=1S/C25H24O12/c26-15-5-1-13(9-17(15)28)3-7-21(31)36-20-12-25(24(34)35,11-19(30)23(20)33)37-22(32)8-4-14-2-6-16(27)18(29)10-14/h1-10,19-20,23,26-30,33H,11-12H2,(H,34,35)/t19-,20+,23-,25+/m0/s1. The van der Waals surface area contributed by atoms with E-state index < -0.39 is 66.2 Å². The average Bonchev–Trinajstić information content (AvgIpc) is 2.83. The number of aliphatic hydroxyl groups is 2. The summed E-state index contributed by atoms with van der Waals surface area (Å²) >= 11 is 0. The molecule has 1 saturated carbocycles. The molecule has 196 valence electrons. The van der Waals surface area contributed by atoms with E-state index in [2.05, 4.69) is 0 Å². The van der Waals surface area contributed by atoms with Gasteiger partial charge in [0.1, 0.15) is 12.2 Å². The molecule has 1 aliphatic rings. The lowest BCUT2D eigenvalue weighted by molar-refractivity contribution is -0.207. The minimum absolute atomic E-state index is 0.288. The van der Waals surface area contributed by atoms with Gasteiger partial charge in [-0.3, -0.25) is 0 Å². The number of hydrogen-bond donors (Lipinski definition) is 7. The molecule has 0 amide bonds. The number of phenols is 4. The fourth-order valence-electron chi connectivity index (χ4n) is 3.68. The number of aromatic hydroxyl groups is 4. The van der Waals surface area contributed by atoms with E-state index in [0.29, 0.717) is 5.56 Å². The molecule has 12 nitrogen and oxygen atoms in total. The topological polar surface area (TPSA) is 211 Å². The molecule has 0 aliphatic heterocycles. The lowest BCUT2D eigenvalue weighted by atomic mass is 9.79. The fourth-order valence-corrected chi connectivity index (χ4v) is 3.68. The molecule has 2 aromatic carbocycles. The van der Waals surface area contributed by atoms with Crippen molar-refractivity contribution in [2.45, 2.75) is 36.8 Å². The number of ether oxygens (including phenoxy) is 2. The van der Waals surface area contributed by atoms with E-state index in [1.807, 2.05) is 0 Å². The van der Waals surface area contributed by atoms with Crippen molar-refractivity contribution in [2.24, 2.45) is 0 Å². The Kier molecular flexibility index (Phi) is 8.05. The number of rotatable bonds is 7. The molecule has 0 heterocycles. The van der Waals surface area contributed by atoms with E-state index >= 15 is 0 Å². The highest BCUT2D eigenvalue weighted by Gasteiger charge is 2.54. The Balaban J connectivity index is 1.73. The number of aliphatic carboxylic acids is 1. The second-order valence-electron chi connectivity index (χ2n) is 8.33. The summed E-state index contributed by atoms with van der Waals surface area (Å²) in [5.41, 5.74) is -1.73. The number of carboxylic acids is 1. The van der Waals surface area contributed by atoms with E-state index in [0.717, 1.165) is 18.2 Å². The predicted octanol–water partition coefficient (Wildman–Crippen LogP) is 1.03. The first-order valence-corrected chi connectivity index (χ1v) is 10.8. The van der Waals surface area contributed by atoms with Gasteiger partial charge in [-0.1, -0.05) is 12.1 Å². The maximum Gasteiger partial charge on any atom is 0.348 e. The second-order valence-corrected chi connectivity index (χ2v) is 8.33. The maximum absolute atomic E-state index is 12.4. The molecule has 0 aromatic heterocycles. The van der Waals surface area contributed by atoms with Gasteiger partial charge in [-0.05, 0) is 47.5 Å². The Morgan fingerprint density at radius 2 is 1.30 bits per heavy atom. The monoisotopic (exact) mass is 516 g/mol. The number of aliphatic hydroxyl groups excluding tert-OH is 2. The molecule has 2 aromatic rings. The number of benzene rings is 2. The first-order valence-electron chi connectivity index (χ1n) is 10.8. The molecule has 0 unspecified atom stereocenters. The zero-order valence-electron chi connectivity index (χ0n) is 19.1. The lowest BCUT2D eigenvalue weighted by Crippen LogP contribution is -2.58. The Morgan fingerprint density at radius 3 is 1.78 bits per heavy atom. The van der Waals surface area contributed by atoms with Gasteiger partial charge in [0.15, 0.2) is 23.0 Å². The number of carbonyl (C=O) groups excluding carboxylic acids is 2. The molecular formula is C25H24O12. The smallest absolute Gasteiger partial charge is 0.348 e. The number of esters is 2. The van der Waals surface area contributed by atoms with Crippen LogP contribution in [0.25, 0.3) is 12.2 Å². The van der Waals surface area contributed by atoms with Gasteiger partial charge in [-0.2, -0.15) is 0 Å². The van der Waals surface area contributed by atoms with Gasteiger partial charge in [0, 0.05) is 25.0 Å². The third-order valence-electron chi connectivity index (χ3n) is 5.62. The summed E-state index contributed by atoms with van der Waals surface area (Å²) in [6.07, 6.45) is -2.09. The number of phenolic OH excluding ortho intramolecular Hbond substituents is 4. The summed E-state index contributed by atoms with van der Waals surface area (Å²) in [6, 6.07) is 7.44. The Morgan fingerprint density at radius 1 is 0.784 bits per heavy atom. The van der Waals surface area contributed by atoms with Crippen LogP contribution in [-0.4, -0.2) is 77.6 Å².